The van der Waals surface area contributed by atoms with Crippen molar-refractivity contribution in [3.8, 4) is 0 Å². The van der Waals surface area contributed by atoms with Crippen molar-refractivity contribution in [2.75, 3.05) is 19.6 Å². The molecule has 2 fully saturated rings. The molecule has 1 spiro atoms. The second-order valence-electron chi connectivity index (χ2n) is 6.14. The van der Waals surface area contributed by atoms with Crippen molar-refractivity contribution >= 4 is 11.8 Å². The molecule has 2 aliphatic heterocycles. The molecule has 2 aliphatic rings. The Morgan fingerprint density at radius 1 is 1.32 bits per heavy atom. The Kier molecular flexibility index (Phi) is 4.09. The Labute approximate surface area is 130 Å². The van der Waals surface area contributed by atoms with Crippen molar-refractivity contribution in [3.05, 3.63) is 24.3 Å². The van der Waals surface area contributed by atoms with Gasteiger partial charge >= 0.3 is 0 Å². The number of hydrogen-bond donors (Lipinski definition) is 0. The van der Waals surface area contributed by atoms with E-state index in [0.717, 1.165) is 32.2 Å². The number of likely N-dealkylation sites (tertiary alicyclic amines) is 2. The van der Waals surface area contributed by atoms with Crippen molar-refractivity contribution < 1.29 is 9.59 Å². The van der Waals surface area contributed by atoms with Gasteiger partial charge < -0.3 is 9.80 Å². The lowest BCUT2D eigenvalue weighted by Gasteiger charge is -2.51. The molecule has 118 valence electrons. The molecule has 2 saturated heterocycles. The first-order valence-corrected chi connectivity index (χ1v) is 8.02. The molecule has 6 nitrogen and oxygen atoms in total. The van der Waals surface area contributed by atoms with Gasteiger partial charge in [0.05, 0.1) is 11.7 Å². The monoisotopic (exact) mass is 302 g/mol. The zero-order valence-corrected chi connectivity index (χ0v) is 13.0. The summed E-state index contributed by atoms with van der Waals surface area (Å²) in [6, 6.07) is 0. The predicted octanol–water partition coefficient (Wildman–Crippen LogP) is 1.48. The van der Waals surface area contributed by atoms with Crippen LogP contribution in [0.5, 0.6) is 0 Å². The highest BCUT2D eigenvalue weighted by molar-refractivity contribution is 5.92. The van der Waals surface area contributed by atoms with Crippen LogP contribution in [0.4, 0.5) is 0 Å². The lowest BCUT2D eigenvalue weighted by Crippen LogP contribution is -2.63. The van der Waals surface area contributed by atoms with Crippen molar-refractivity contribution in [2.45, 2.75) is 44.6 Å². The van der Waals surface area contributed by atoms with Gasteiger partial charge in [-0.25, -0.2) is 4.98 Å². The Hall–Kier alpha value is -1.98. The van der Waals surface area contributed by atoms with E-state index in [1.165, 1.54) is 12.4 Å². The van der Waals surface area contributed by atoms with Crippen molar-refractivity contribution in [2.24, 2.45) is 0 Å². The highest BCUT2D eigenvalue weighted by Crippen LogP contribution is 2.36. The van der Waals surface area contributed by atoms with Crippen molar-refractivity contribution in [1.29, 1.82) is 0 Å². The van der Waals surface area contributed by atoms with Crippen LogP contribution < -0.4 is 0 Å². The minimum atomic E-state index is -0.180. The first-order valence-electron chi connectivity index (χ1n) is 8.02. The van der Waals surface area contributed by atoms with Crippen LogP contribution in [0.15, 0.2) is 18.6 Å². The lowest BCUT2D eigenvalue weighted by molar-refractivity contribution is -0.144. The minimum Gasteiger partial charge on any atom is -0.336 e. The quantitative estimate of drug-likeness (QED) is 0.830. The third-order valence-electron chi connectivity index (χ3n) is 4.85. The molecule has 0 unspecified atom stereocenters. The molecule has 3 rings (SSSR count). The molecule has 0 radical (unpaired) electrons. The van der Waals surface area contributed by atoms with Crippen LogP contribution in [0.3, 0.4) is 0 Å². The van der Waals surface area contributed by atoms with Crippen LogP contribution in [0.1, 0.15) is 49.5 Å². The number of hydrogen-bond acceptors (Lipinski definition) is 4. The van der Waals surface area contributed by atoms with E-state index in [4.69, 9.17) is 0 Å². The minimum absolute atomic E-state index is 0.0822. The maximum atomic E-state index is 12.6. The first kappa shape index (κ1) is 14.9. The molecule has 0 N–H and O–H groups in total. The highest BCUT2D eigenvalue weighted by Gasteiger charge is 2.45. The highest BCUT2D eigenvalue weighted by atomic mass is 16.2. The van der Waals surface area contributed by atoms with Gasteiger partial charge in [0.2, 0.25) is 5.91 Å². The number of nitrogens with zero attached hydrogens (tertiary/aromatic N) is 4. The zero-order chi connectivity index (χ0) is 15.6. The van der Waals surface area contributed by atoms with Gasteiger partial charge in [0.1, 0.15) is 5.69 Å². The maximum Gasteiger partial charge on any atom is 0.274 e. The summed E-state index contributed by atoms with van der Waals surface area (Å²) in [4.78, 5) is 36.8. The van der Waals surface area contributed by atoms with Gasteiger partial charge in [-0.2, -0.15) is 0 Å². The fourth-order valence-corrected chi connectivity index (χ4v) is 3.90. The second kappa shape index (κ2) is 6.02. The maximum absolute atomic E-state index is 12.6. The Morgan fingerprint density at radius 2 is 2.14 bits per heavy atom. The largest absolute Gasteiger partial charge is 0.336 e. The summed E-state index contributed by atoms with van der Waals surface area (Å²) >= 11 is 0. The topological polar surface area (TPSA) is 66.4 Å². The second-order valence-corrected chi connectivity index (χ2v) is 6.14. The van der Waals surface area contributed by atoms with Crippen molar-refractivity contribution in [3.63, 3.8) is 0 Å². The van der Waals surface area contributed by atoms with E-state index in [1.54, 1.807) is 6.20 Å². The third kappa shape index (κ3) is 2.58. The van der Waals surface area contributed by atoms with Crippen LogP contribution in [0.2, 0.25) is 0 Å². The molecule has 0 aliphatic carbocycles. The summed E-state index contributed by atoms with van der Waals surface area (Å²) < 4.78 is 0. The van der Waals surface area contributed by atoms with Gasteiger partial charge in [0.15, 0.2) is 0 Å². The van der Waals surface area contributed by atoms with E-state index in [-0.39, 0.29) is 17.4 Å². The standard InChI is InChI=1S/C16H22N4O2/c1-2-20-14(21)5-3-6-16(20)7-4-10-19(12-16)15(22)13-11-17-8-9-18-13/h8-9,11H,2-7,10,12H2,1H3/t16-/m1/s1. The fourth-order valence-electron chi connectivity index (χ4n) is 3.90. The molecule has 6 heteroatoms. The molecule has 1 aromatic heterocycles. The average Bonchev–Trinajstić information content (AvgIpc) is 2.55. The summed E-state index contributed by atoms with van der Waals surface area (Å²) in [5.74, 6) is 0.142. The molecule has 3 heterocycles. The van der Waals surface area contributed by atoms with Crippen molar-refractivity contribution in [1.82, 2.24) is 19.8 Å². The number of amides is 2. The van der Waals surface area contributed by atoms with Gasteiger partial charge in [0.25, 0.3) is 5.91 Å². The normalized spacial score (nSPS) is 25.6. The van der Waals surface area contributed by atoms with Gasteiger partial charge in [0, 0.05) is 38.4 Å². The summed E-state index contributed by atoms with van der Waals surface area (Å²) in [6.45, 7) is 4.07. The van der Waals surface area contributed by atoms with Gasteiger partial charge in [-0.1, -0.05) is 0 Å². The van der Waals surface area contributed by atoms with Crippen LogP contribution in [0.25, 0.3) is 0 Å². The van der Waals surface area contributed by atoms with Crippen LogP contribution in [0, 0.1) is 0 Å². The van der Waals surface area contributed by atoms with E-state index in [9.17, 15) is 9.59 Å². The number of likely N-dealkylation sites (N-methyl/N-ethyl adjacent to an activating group) is 1. The average molecular weight is 302 g/mol. The van der Waals surface area contributed by atoms with E-state index in [1.807, 2.05) is 16.7 Å². The molecular formula is C16H22N4O2. The van der Waals surface area contributed by atoms with Gasteiger partial charge in [-0.3, -0.25) is 14.6 Å². The molecule has 1 aromatic rings. The molecule has 0 bridgehead atoms. The molecular weight excluding hydrogens is 280 g/mol. The molecule has 1 atom stereocenters. The number of carbonyl (C=O) groups excluding carboxylic acids is 2. The Balaban J connectivity index is 1.81. The number of carbonyl (C=O) groups is 2. The zero-order valence-electron chi connectivity index (χ0n) is 13.0. The Morgan fingerprint density at radius 3 is 2.86 bits per heavy atom. The Bertz CT molecular complexity index is 559. The predicted molar refractivity (Wildman–Crippen MR) is 81.1 cm³/mol. The molecule has 22 heavy (non-hydrogen) atoms. The summed E-state index contributed by atoms with van der Waals surface area (Å²) in [5, 5.41) is 0. The van der Waals surface area contributed by atoms with Crippen LogP contribution in [-0.2, 0) is 4.79 Å². The van der Waals surface area contributed by atoms with E-state index in [0.29, 0.717) is 25.2 Å². The van der Waals surface area contributed by atoms with Crippen LogP contribution >= 0.6 is 0 Å². The smallest absolute Gasteiger partial charge is 0.274 e. The van der Waals surface area contributed by atoms with Crippen LogP contribution in [-0.4, -0.2) is 56.8 Å². The molecule has 0 saturated carbocycles. The summed E-state index contributed by atoms with van der Waals surface area (Å²) in [5.41, 5.74) is 0.199. The summed E-state index contributed by atoms with van der Waals surface area (Å²) in [7, 11) is 0. The molecule has 2 amide bonds. The summed E-state index contributed by atoms with van der Waals surface area (Å²) in [6.07, 6.45) is 9.05. The number of rotatable bonds is 2. The van der Waals surface area contributed by atoms with E-state index in [2.05, 4.69) is 9.97 Å². The first-order chi connectivity index (χ1) is 10.7. The SMILES string of the molecule is CCN1C(=O)CCC[C@]12CCCN(C(=O)c1cnccn1)C2. The third-order valence-corrected chi connectivity index (χ3v) is 4.85. The van der Waals surface area contributed by atoms with E-state index < -0.39 is 0 Å². The van der Waals surface area contributed by atoms with Gasteiger partial charge in [-0.05, 0) is 32.6 Å². The fraction of sp³-hybridized carbons (Fsp3) is 0.625. The lowest BCUT2D eigenvalue weighted by atomic mass is 9.79. The molecule has 0 aromatic carbocycles. The van der Waals surface area contributed by atoms with Gasteiger partial charge in [-0.15, -0.1) is 0 Å². The number of piperidine rings is 2. The van der Waals surface area contributed by atoms with E-state index >= 15 is 0 Å². The number of aromatic nitrogens is 2.